The summed E-state index contributed by atoms with van der Waals surface area (Å²) in [5.74, 6) is 1.39. The normalized spacial score (nSPS) is 23.5. The summed E-state index contributed by atoms with van der Waals surface area (Å²) in [4.78, 5) is 9.09. The molecule has 0 bridgehead atoms. The van der Waals surface area contributed by atoms with E-state index in [1.165, 1.54) is 0 Å². The lowest BCUT2D eigenvalue weighted by Gasteiger charge is -2.35. The molecule has 1 aliphatic rings. The van der Waals surface area contributed by atoms with Crippen LogP contribution in [0.5, 0.6) is 0 Å². The fraction of sp³-hybridized carbons (Fsp3) is 0.833. The summed E-state index contributed by atoms with van der Waals surface area (Å²) >= 11 is 0. The van der Waals surface area contributed by atoms with Crippen LogP contribution in [0.3, 0.4) is 0 Å². The van der Waals surface area contributed by atoms with Crippen LogP contribution >= 0.6 is 0 Å². The summed E-state index contributed by atoms with van der Waals surface area (Å²) in [6.07, 6.45) is 0. The molecule has 102 valence electrons. The smallest absolute Gasteiger partial charge is 0.233 e. The molecule has 2 heterocycles. The highest BCUT2D eigenvalue weighted by Crippen LogP contribution is 2.25. The molecule has 1 unspecified atom stereocenters. The van der Waals surface area contributed by atoms with Crippen molar-refractivity contribution >= 4 is 0 Å². The van der Waals surface area contributed by atoms with E-state index in [4.69, 9.17) is 10.3 Å². The molecule has 1 saturated heterocycles. The topological polar surface area (TPSA) is 71.4 Å². The Kier molecular flexibility index (Phi) is 3.70. The standard InChI is InChI=1S/C12H23N5O/c1-12(2,8-13)11-14-10(15-18-11)9-7-16(3)5-6-17(9)4/h9H,5-8,13H2,1-4H3. The third kappa shape index (κ3) is 2.55. The van der Waals surface area contributed by atoms with Crippen molar-refractivity contribution in [1.29, 1.82) is 0 Å². The highest BCUT2D eigenvalue weighted by atomic mass is 16.5. The van der Waals surface area contributed by atoms with Crippen molar-refractivity contribution in [2.45, 2.75) is 25.3 Å². The largest absolute Gasteiger partial charge is 0.339 e. The number of aromatic nitrogens is 2. The van der Waals surface area contributed by atoms with Crippen molar-refractivity contribution in [3.63, 3.8) is 0 Å². The van der Waals surface area contributed by atoms with Crippen LogP contribution in [-0.4, -0.2) is 60.2 Å². The Morgan fingerprint density at radius 2 is 2.11 bits per heavy atom. The van der Waals surface area contributed by atoms with E-state index < -0.39 is 0 Å². The summed E-state index contributed by atoms with van der Waals surface area (Å²) in [5, 5.41) is 4.13. The summed E-state index contributed by atoms with van der Waals surface area (Å²) in [6, 6.07) is 0.204. The molecular weight excluding hydrogens is 230 g/mol. The van der Waals surface area contributed by atoms with Gasteiger partial charge in [-0.3, -0.25) is 4.90 Å². The maximum atomic E-state index is 5.73. The summed E-state index contributed by atoms with van der Waals surface area (Å²) in [5.41, 5.74) is 5.47. The van der Waals surface area contributed by atoms with Crippen molar-refractivity contribution in [3.05, 3.63) is 11.7 Å². The van der Waals surface area contributed by atoms with Crippen molar-refractivity contribution in [2.24, 2.45) is 5.73 Å². The van der Waals surface area contributed by atoms with E-state index in [1.807, 2.05) is 13.8 Å². The number of hydrogen-bond acceptors (Lipinski definition) is 6. The molecule has 0 aromatic carbocycles. The quantitative estimate of drug-likeness (QED) is 0.831. The van der Waals surface area contributed by atoms with Gasteiger partial charge in [-0.2, -0.15) is 4.98 Å². The van der Waals surface area contributed by atoms with Crippen LogP contribution in [-0.2, 0) is 5.41 Å². The van der Waals surface area contributed by atoms with Gasteiger partial charge in [0.1, 0.15) is 0 Å². The first-order chi connectivity index (χ1) is 8.44. The monoisotopic (exact) mass is 253 g/mol. The molecule has 2 rings (SSSR count). The zero-order valence-corrected chi connectivity index (χ0v) is 11.7. The number of piperazine rings is 1. The highest BCUT2D eigenvalue weighted by Gasteiger charge is 2.31. The van der Waals surface area contributed by atoms with E-state index >= 15 is 0 Å². The zero-order chi connectivity index (χ0) is 13.3. The highest BCUT2D eigenvalue weighted by molar-refractivity contribution is 5.05. The van der Waals surface area contributed by atoms with Crippen molar-refractivity contribution in [2.75, 3.05) is 40.3 Å². The Morgan fingerprint density at radius 3 is 2.78 bits per heavy atom. The van der Waals surface area contributed by atoms with Gasteiger partial charge in [-0.25, -0.2) is 0 Å². The van der Waals surface area contributed by atoms with Gasteiger partial charge < -0.3 is 15.2 Å². The van der Waals surface area contributed by atoms with Crippen molar-refractivity contribution in [3.8, 4) is 0 Å². The molecule has 0 amide bonds. The fourth-order valence-corrected chi connectivity index (χ4v) is 2.02. The maximum absolute atomic E-state index is 5.73. The number of nitrogens with two attached hydrogens (primary N) is 1. The van der Waals surface area contributed by atoms with Crippen LogP contribution in [0.15, 0.2) is 4.52 Å². The molecule has 6 heteroatoms. The minimum atomic E-state index is -0.260. The maximum Gasteiger partial charge on any atom is 0.233 e. The molecule has 6 nitrogen and oxygen atoms in total. The number of nitrogens with zero attached hydrogens (tertiary/aromatic N) is 4. The predicted octanol–water partition coefficient (Wildman–Crippen LogP) is 0.224. The predicted molar refractivity (Wildman–Crippen MR) is 69.2 cm³/mol. The van der Waals surface area contributed by atoms with Crippen LogP contribution < -0.4 is 5.73 Å². The molecule has 1 aliphatic heterocycles. The van der Waals surface area contributed by atoms with Crippen LogP contribution in [0.4, 0.5) is 0 Å². The first kappa shape index (κ1) is 13.5. The first-order valence-corrected chi connectivity index (χ1v) is 6.37. The van der Waals surface area contributed by atoms with Gasteiger partial charge in [-0.15, -0.1) is 0 Å². The number of likely N-dealkylation sites (N-methyl/N-ethyl adjacent to an activating group) is 2. The lowest BCUT2D eigenvalue weighted by Crippen LogP contribution is -2.45. The second kappa shape index (κ2) is 4.95. The Labute approximate surface area is 108 Å². The molecule has 0 spiro atoms. The van der Waals surface area contributed by atoms with Gasteiger partial charge in [-0.05, 0) is 27.9 Å². The molecule has 1 aromatic rings. The third-order valence-corrected chi connectivity index (χ3v) is 3.68. The molecule has 0 aliphatic carbocycles. The van der Waals surface area contributed by atoms with Gasteiger partial charge in [0.15, 0.2) is 5.82 Å². The summed E-state index contributed by atoms with van der Waals surface area (Å²) in [7, 11) is 4.21. The Hall–Kier alpha value is -0.980. The van der Waals surface area contributed by atoms with E-state index in [2.05, 4.69) is 34.0 Å². The Morgan fingerprint density at radius 1 is 1.39 bits per heavy atom. The van der Waals surface area contributed by atoms with E-state index in [1.54, 1.807) is 0 Å². The van der Waals surface area contributed by atoms with E-state index in [0.29, 0.717) is 12.4 Å². The fourth-order valence-electron chi connectivity index (χ4n) is 2.02. The van der Waals surface area contributed by atoms with Gasteiger partial charge in [0.05, 0.1) is 11.5 Å². The molecule has 0 radical (unpaired) electrons. The molecule has 1 aromatic heterocycles. The number of rotatable bonds is 3. The summed E-state index contributed by atoms with van der Waals surface area (Å²) in [6.45, 7) is 7.55. The average Bonchev–Trinajstić information content (AvgIpc) is 2.82. The van der Waals surface area contributed by atoms with Crippen LogP contribution in [0.2, 0.25) is 0 Å². The van der Waals surface area contributed by atoms with Gasteiger partial charge in [0.2, 0.25) is 5.89 Å². The lowest BCUT2D eigenvalue weighted by molar-refractivity contribution is 0.108. The van der Waals surface area contributed by atoms with Gasteiger partial charge >= 0.3 is 0 Å². The van der Waals surface area contributed by atoms with Crippen LogP contribution in [0.1, 0.15) is 31.6 Å². The molecule has 18 heavy (non-hydrogen) atoms. The SMILES string of the molecule is CN1CCN(C)C(c2noc(C(C)(C)CN)n2)C1. The van der Waals surface area contributed by atoms with Crippen molar-refractivity contribution in [1.82, 2.24) is 19.9 Å². The van der Waals surface area contributed by atoms with Gasteiger partial charge in [0, 0.05) is 26.2 Å². The molecule has 0 saturated carbocycles. The van der Waals surface area contributed by atoms with E-state index in [-0.39, 0.29) is 11.5 Å². The molecule has 2 N–H and O–H groups in total. The van der Waals surface area contributed by atoms with Gasteiger partial charge in [0.25, 0.3) is 0 Å². The molecular formula is C12H23N5O. The second-order valence-corrected chi connectivity index (χ2v) is 5.80. The van der Waals surface area contributed by atoms with E-state index in [9.17, 15) is 0 Å². The summed E-state index contributed by atoms with van der Waals surface area (Å²) < 4.78 is 5.37. The number of hydrogen-bond donors (Lipinski definition) is 1. The van der Waals surface area contributed by atoms with Gasteiger partial charge in [-0.1, -0.05) is 5.16 Å². The Balaban J connectivity index is 2.19. The minimum Gasteiger partial charge on any atom is -0.339 e. The van der Waals surface area contributed by atoms with Crippen molar-refractivity contribution < 1.29 is 4.52 Å². The lowest BCUT2D eigenvalue weighted by atomic mass is 9.94. The molecule has 1 atom stereocenters. The zero-order valence-electron chi connectivity index (χ0n) is 11.7. The van der Waals surface area contributed by atoms with Crippen LogP contribution in [0.25, 0.3) is 0 Å². The average molecular weight is 253 g/mol. The first-order valence-electron chi connectivity index (χ1n) is 6.37. The second-order valence-electron chi connectivity index (χ2n) is 5.80. The Bertz CT molecular complexity index is 403. The molecule has 1 fully saturated rings. The third-order valence-electron chi connectivity index (χ3n) is 3.68. The van der Waals surface area contributed by atoms with E-state index in [0.717, 1.165) is 25.5 Å². The van der Waals surface area contributed by atoms with Crippen LogP contribution in [0, 0.1) is 0 Å². The minimum absolute atomic E-state index is 0.204.